The normalized spacial score (nSPS) is 12.3. The van der Waals surface area contributed by atoms with Gasteiger partial charge in [0.25, 0.3) is 10.9 Å². The van der Waals surface area contributed by atoms with E-state index >= 15 is 0 Å². The summed E-state index contributed by atoms with van der Waals surface area (Å²) in [5, 5.41) is 12.8. The summed E-state index contributed by atoms with van der Waals surface area (Å²) in [5.74, 6) is 0.514. The van der Waals surface area contributed by atoms with E-state index in [1.807, 2.05) is 44.2 Å². The number of anilines is 3. The number of aryl methyl sites for hydroxylation is 1. The number of nitrogens with zero attached hydrogens (tertiary/aromatic N) is 1. The maximum atomic E-state index is 11.8. The van der Waals surface area contributed by atoms with Gasteiger partial charge in [0, 0.05) is 17.8 Å². The Kier molecular flexibility index (Phi) is 3.50. The minimum Gasteiger partial charge on any atom is -0.373 e. The van der Waals surface area contributed by atoms with Crippen LogP contribution in [0.5, 0.6) is 0 Å². The summed E-state index contributed by atoms with van der Waals surface area (Å²) in [4.78, 5) is 23.5. The zero-order valence-corrected chi connectivity index (χ0v) is 12.3. The Balaban J connectivity index is 1.82. The van der Waals surface area contributed by atoms with Gasteiger partial charge in [-0.3, -0.25) is 14.7 Å². The lowest BCUT2D eigenvalue weighted by atomic mass is 10.1. The Morgan fingerprint density at radius 2 is 1.77 bits per heavy atom. The van der Waals surface area contributed by atoms with Crippen molar-refractivity contribution < 1.29 is 0 Å². The van der Waals surface area contributed by atoms with Gasteiger partial charge >= 0.3 is 0 Å². The van der Waals surface area contributed by atoms with E-state index in [2.05, 4.69) is 20.8 Å². The van der Waals surface area contributed by atoms with Gasteiger partial charge in [0.2, 0.25) is 0 Å². The molecule has 6 heteroatoms. The van der Waals surface area contributed by atoms with Crippen LogP contribution in [0.2, 0.25) is 0 Å². The largest absolute Gasteiger partial charge is 0.373 e. The van der Waals surface area contributed by atoms with E-state index in [4.69, 9.17) is 0 Å². The molecule has 0 radical (unpaired) electrons. The number of hydrogen-bond acceptors (Lipinski definition) is 5. The van der Waals surface area contributed by atoms with Crippen molar-refractivity contribution in [1.29, 1.82) is 0 Å². The van der Waals surface area contributed by atoms with E-state index in [9.17, 15) is 9.59 Å². The van der Waals surface area contributed by atoms with Gasteiger partial charge < -0.3 is 10.6 Å². The fraction of sp³-hybridized carbons (Fsp3) is 0.188. The van der Waals surface area contributed by atoms with Crippen LogP contribution in [0, 0.1) is 6.92 Å². The highest BCUT2D eigenvalue weighted by Gasteiger charge is 2.23. The molecule has 0 aliphatic rings. The van der Waals surface area contributed by atoms with Gasteiger partial charge in [0.1, 0.15) is 11.4 Å². The predicted molar refractivity (Wildman–Crippen MR) is 86.4 cm³/mol. The second kappa shape index (κ2) is 5.48. The van der Waals surface area contributed by atoms with Crippen molar-refractivity contribution in [3.63, 3.8) is 0 Å². The van der Waals surface area contributed by atoms with Crippen molar-refractivity contribution in [2.45, 2.75) is 19.9 Å². The summed E-state index contributed by atoms with van der Waals surface area (Å²) in [5.41, 5.74) is 1.45. The van der Waals surface area contributed by atoms with Crippen LogP contribution in [0.1, 0.15) is 24.2 Å². The molecule has 112 valence electrons. The number of aromatic nitrogens is 2. The van der Waals surface area contributed by atoms with Crippen LogP contribution in [0.25, 0.3) is 0 Å². The third-order valence-electron chi connectivity index (χ3n) is 3.53. The molecule has 3 aromatic rings. The van der Waals surface area contributed by atoms with Crippen molar-refractivity contribution in [3.8, 4) is 0 Å². The monoisotopic (exact) mass is 296 g/mol. The first-order chi connectivity index (χ1) is 10.6. The highest BCUT2D eigenvalue weighted by Crippen LogP contribution is 2.24. The molecule has 2 aromatic carbocycles. The van der Waals surface area contributed by atoms with E-state index < -0.39 is 10.9 Å². The fourth-order valence-corrected chi connectivity index (χ4v) is 2.30. The van der Waals surface area contributed by atoms with Crippen LogP contribution in [-0.2, 0) is 0 Å². The van der Waals surface area contributed by atoms with Gasteiger partial charge in [-0.05, 0) is 19.4 Å². The molecule has 3 N–H and O–H groups in total. The molecule has 0 aliphatic heterocycles. The fourth-order valence-electron chi connectivity index (χ4n) is 2.30. The molecule has 22 heavy (non-hydrogen) atoms. The minimum atomic E-state index is -0.525. The quantitative estimate of drug-likeness (QED) is 0.628. The second-order valence-corrected chi connectivity index (χ2v) is 5.25. The van der Waals surface area contributed by atoms with Crippen molar-refractivity contribution >= 4 is 17.2 Å². The Bertz CT molecular complexity index is 860. The Hall–Kier alpha value is -2.89. The molecule has 0 bridgehead atoms. The van der Waals surface area contributed by atoms with E-state index in [0.29, 0.717) is 11.5 Å². The van der Waals surface area contributed by atoms with Crippen LogP contribution in [-0.4, -0.2) is 10.2 Å². The topological polar surface area (TPSA) is 86.9 Å². The molecule has 0 fully saturated rings. The molecule has 0 spiro atoms. The van der Waals surface area contributed by atoms with Crippen molar-refractivity contribution in [2.24, 2.45) is 0 Å². The maximum Gasteiger partial charge on any atom is 0.253 e. The highest BCUT2D eigenvalue weighted by molar-refractivity contribution is 5.78. The first-order valence-corrected chi connectivity index (χ1v) is 7.00. The van der Waals surface area contributed by atoms with E-state index in [1.54, 1.807) is 6.07 Å². The van der Waals surface area contributed by atoms with Crippen LogP contribution in [0.3, 0.4) is 0 Å². The molecule has 0 saturated heterocycles. The average Bonchev–Trinajstić information content (AvgIpc) is 2.96. The van der Waals surface area contributed by atoms with Crippen molar-refractivity contribution in [3.05, 3.63) is 68.1 Å². The number of rotatable bonds is 5. The number of H-pyrrole nitrogens is 1. The summed E-state index contributed by atoms with van der Waals surface area (Å²) in [7, 11) is 0. The van der Waals surface area contributed by atoms with Crippen LogP contribution in [0.15, 0.2) is 46.0 Å². The van der Waals surface area contributed by atoms with E-state index in [0.717, 1.165) is 11.3 Å². The lowest BCUT2D eigenvalue weighted by Gasteiger charge is -2.19. The number of nitrogens with one attached hydrogen (secondary N) is 3. The van der Waals surface area contributed by atoms with Gasteiger partial charge in [-0.25, -0.2) is 0 Å². The lowest BCUT2D eigenvalue weighted by Crippen LogP contribution is -2.37. The Morgan fingerprint density at radius 3 is 2.41 bits per heavy atom. The first kappa shape index (κ1) is 14.1. The van der Waals surface area contributed by atoms with Crippen LogP contribution < -0.4 is 21.5 Å². The van der Waals surface area contributed by atoms with Gasteiger partial charge in [-0.15, -0.1) is 0 Å². The lowest BCUT2D eigenvalue weighted by molar-refractivity contribution is 0.880. The minimum absolute atomic E-state index is 0.0778. The molecule has 0 aliphatic carbocycles. The Labute approximate surface area is 126 Å². The Morgan fingerprint density at radius 1 is 1.09 bits per heavy atom. The molecule has 0 unspecified atom stereocenters. The standard InChI is InChI=1S/C16H16N4O2/c1-9-8-12(20-19-9)18-14-13(15(21)16(14)22)17-10(2)11-6-4-3-5-7-11/h3-8,10,17H,1-2H3,(H2,18,19,20)/t10-/m1/s1. The predicted octanol–water partition coefficient (Wildman–Crippen LogP) is 2.23. The summed E-state index contributed by atoms with van der Waals surface area (Å²) in [6, 6.07) is 11.4. The molecule has 0 saturated carbocycles. The SMILES string of the molecule is Cc1cc(Nc2c(N[C@H](C)c3ccccc3)c(=O)c2=O)n[nH]1. The third kappa shape index (κ3) is 2.50. The smallest absolute Gasteiger partial charge is 0.253 e. The van der Waals surface area contributed by atoms with Crippen molar-refractivity contribution in [1.82, 2.24) is 10.2 Å². The van der Waals surface area contributed by atoms with E-state index in [-0.39, 0.29) is 11.7 Å². The molecular formula is C16H16N4O2. The van der Waals surface area contributed by atoms with Crippen molar-refractivity contribution in [2.75, 3.05) is 10.6 Å². The number of benzene rings is 1. The molecule has 1 aromatic heterocycles. The average molecular weight is 296 g/mol. The van der Waals surface area contributed by atoms with Crippen LogP contribution >= 0.6 is 0 Å². The van der Waals surface area contributed by atoms with Gasteiger partial charge in [0.05, 0.1) is 0 Å². The zero-order chi connectivity index (χ0) is 15.7. The number of aromatic amines is 1. The third-order valence-corrected chi connectivity index (χ3v) is 3.53. The van der Waals surface area contributed by atoms with Crippen LogP contribution in [0.4, 0.5) is 17.2 Å². The zero-order valence-electron chi connectivity index (χ0n) is 12.3. The number of hydrogen-bond donors (Lipinski definition) is 3. The van der Waals surface area contributed by atoms with Gasteiger partial charge in [0.15, 0.2) is 5.82 Å². The maximum absolute atomic E-state index is 11.8. The molecule has 6 nitrogen and oxygen atoms in total. The molecular weight excluding hydrogens is 280 g/mol. The molecule has 1 heterocycles. The highest BCUT2D eigenvalue weighted by atomic mass is 16.2. The summed E-state index contributed by atoms with van der Waals surface area (Å²) >= 11 is 0. The second-order valence-electron chi connectivity index (χ2n) is 5.25. The molecule has 0 amide bonds. The van der Waals surface area contributed by atoms with Gasteiger partial charge in [-0.1, -0.05) is 30.3 Å². The summed E-state index contributed by atoms with van der Waals surface area (Å²) in [6.45, 7) is 3.80. The summed E-state index contributed by atoms with van der Waals surface area (Å²) in [6.07, 6.45) is 0. The van der Waals surface area contributed by atoms with E-state index in [1.165, 1.54) is 0 Å². The molecule has 3 rings (SSSR count). The van der Waals surface area contributed by atoms with Gasteiger partial charge in [-0.2, -0.15) is 5.10 Å². The molecule has 1 atom stereocenters. The first-order valence-electron chi connectivity index (χ1n) is 7.00. The summed E-state index contributed by atoms with van der Waals surface area (Å²) < 4.78 is 0.